The molecular formula is C24H23BrF3N9O2. The zero-order valence-corrected chi connectivity index (χ0v) is 22.3. The minimum atomic E-state index is -4.78. The summed E-state index contributed by atoms with van der Waals surface area (Å²) >= 11 is 3.35. The predicted molar refractivity (Wildman–Crippen MR) is 139 cm³/mol. The smallest absolute Gasteiger partial charge is 0.393 e. The van der Waals surface area contributed by atoms with Crippen LogP contribution in [-0.4, -0.2) is 44.3 Å². The molecule has 1 aromatic carbocycles. The number of carbonyl (C=O) groups excluding carboxylic acids is 2. The Kier molecular flexibility index (Phi) is 8.94. The van der Waals surface area contributed by atoms with Crippen molar-refractivity contribution in [1.29, 1.82) is 5.26 Å². The molecule has 0 atom stereocenters. The van der Waals surface area contributed by atoms with Crippen LogP contribution in [0.3, 0.4) is 0 Å². The van der Waals surface area contributed by atoms with Crippen molar-refractivity contribution >= 4 is 33.4 Å². The molecule has 39 heavy (non-hydrogen) atoms. The van der Waals surface area contributed by atoms with Crippen LogP contribution in [0.4, 0.5) is 18.9 Å². The third-order valence-corrected chi connectivity index (χ3v) is 5.81. The van der Waals surface area contributed by atoms with Gasteiger partial charge in [0.15, 0.2) is 5.82 Å². The fourth-order valence-corrected chi connectivity index (χ4v) is 3.90. The molecule has 0 bridgehead atoms. The second-order valence-corrected chi connectivity index (χ2v) is 8.99. The van der Waals surface area contributed by atoms with Crippen LogP contribution in [0.2, 0.25) is 0 Å². The van der Waals surface area contributed by atoms with Gasteiger partial charge in [-0.15, -0.1) is 0 Å². The minimum absolute atomic E-state index is 0.0591. The van der Waals surface area contributed by atoms with Crippen LogP contribution < -0.4 is 22.2 Å². The normalized spacial score (nSPS) is 11.6. The average molecular weight is 606 g/mol. The van der Waals surface area contributed by atoms with E-state index in [1.165, 1.54) is 29.1 Å². The van der Waals surface area contributed by atoms with E-state index in [0.29, 0.717) is 27.8 Å². The molecule has 15 heteroatoms. The van der Waals surface area contributed by atoms with Gasteiger partial charge in [0.05, 0.1) is 39.6 Å². The van der Waals surface area contributed by atoms with Gasteiger partial charge in [-0.1, -0.05) is 0 Å². The number of halogens is 4. The minimum Gasteiger partial charge on any atom is -0.393 e. The molecule has 6 N–H and O–H groups in total. The summed E-state index contributed by atoms with van der Waals surface area (Å²) in [7, 11) is 0. The third-order valence-electron chi connectivity index (χ3n) is 5.19. The molecule has 0 fully saturated rings. The van der Waals surface area contributed by atoms with Crippen molar-refractivity contribution in [2.75, 3.05) is 11.9 Å². The number of aryl methyl sites for hydroxylation is 1. The number of allylic oxidation sites excluding steroid dienone is 1. The molecule has 2 aromatic heterocycles. The highest BCUT2D eigenvalue weighted by Crippen LogP contribution is 2.26. The van der Waals surface area contributed by atoms with Crippen molar-refractivity contribution in [1.82, 2.24) is 25.1 Å². The van der Waals surface area contributed by atoms with Gasteiger partial charge in [-0.3, -0.25) is 9.59 Å². The Hall–Kier alpha value is -4.42. The van der Waals surface area contributed by atoms with Crippen molar-refractivity contribution < 1.29 is 22.8 Å². The highest BCUT2D eigenvalue weighted by Gasteiger charge is 2.32. The highest BCUT2D eigenvalue weighted by molar-refractivity contribution is 9.10. The molecule has 0 saturated heterocycles. The quantitative estimate of drug-likeness (QED) is 0.224. The van der Waals surface area contributed by atoms with Crippen molar-refractivity contribution in [3.05, 3.63) is 81.0 Å². The topological polar surface area (TPSA) is 168 Å². The molecule has 0 aliphatic rings. The summed E-state index contributed by atoms with van der Waals surface area (Å²) in [6.45, 7) is 3.32. The number of alkyl halides is 3. The van der Waals surface area contributed by atoms with Crippen LogP contribution in [0.1, 0.15) is 44.6 Å². The summed E-state index contributed by atoms with van der Waals surface area (Å²) in [5.41, 5.74) is 4.61. The maximum Gasteiger partial charge on any atom is 0.432 e. The van der Waals surface area contributed by atoms with Crippen LogP contribution in [0.5, 0.6) is 0 Å². The lowest BCUT2D eigenvalue weighted by atomic mass is 10.0. The summed E-state index contributed by atoms with van der Waals surface area (Å²) in [5.74, 6) is 4.70. The van der Waals surface area contributed by atoms with Gasteiger partial charge in [0.1, 0.15) is 11.4 Å². The number of amides is 2. The predicted octanol–water partition coefficient (Wildman–Crippen LogP) is 3.25. The molecular weight excluding hydrogens is 583 g/mol. The average Bonchev–Trinajstić information content (AvgIpc) is 3.28. The highest BCUT2D eigenvalue weighted by atomic mass is 79.9. The first-order chi connectivity index (χ1) is 18.3. The Balaban J connectivity index is 2.06. The van der Waals surface area contributed by atoms with E-state index in [2.05, 4.69) is 36.6 Å². The molecule has 0 aliphatic heterocycles. The number of carbonyl (C=O) groups is 2. The van der Waals surface area contributed by atoms with Gasteiger partial charge in [0, 0.05) is 18.9 Å². The zero-order valence-electron chi connectivity index (χ0n) is 20.7. The Bertz CT molecular complexity index is 1480. The van der Waals surface area contributed by atoms with Crippen molar-refractivity contribution in [3.63, 3.8) is 0 Å². The standard InChI is InChI=1S/C24H23BrF3N9O2/c1-3-32-22(38)16-8-14(10-29)7-13(2)20(16)34-23(39)18-9-15(11-36(31)12-19(30)24(26,27)28)35-37(18)21-17(25)5-4-6-33-21/h4-9,12H,3,11,30-31H2,1-2H3,(H,32,38)(H,34,39)/b19-12-. The zero-order chi connectivity index (χ0) is 28.9. The van der Waals surface area contributed by atoms with Gasteiger partial charge in [0.2, 0.25) is 0 Å². The van der Waals surface area contributed by atoms with Crippen LogP contribution in [0.15, 0.2) is 52.9 Å². The largest absolute Gasteiger partial charge is 0.432 e. The van der Waals surface area contributed by atoms with E-state index in [-0.39, 0.29) is 40.6 Å². The lowest BCUT2D eigenvalue weighted by molar-refractivity contribution is -0.0939. The SMILES string of the molecule is CCNC(=O)c1cc(C#N)cc(C)c1NC(=O)c1cc(CN(N)/C=C(\N)C(F)(F)F)nn1-c1ncccc1Br. The summed E-state index contributed by atoms with van der Waals surface area (Å²) in [4.78, 5) is 30.5. The number of aromatic nitrogens is 3. The van der Waals surface area contributed by atoms with Crippen LogP contribution in [-0.2, 0) is 6.54 Å². The fraction of sp³-hybridized carbons (Fsp3) is 0.208. The van der Waals surface area contributed by atoms with Crippen LogP contribution in [0, 0.1) is 18.3 Å². The number of hydrazine groups is 1. The fourth-order valence-electron chi connectivity index (χ4n) is 3.48. The summed E-state index contributed by atoms with van der Waals surface area (Å²) in [6.07, 6.45) is -2.81. The van der Waals surface area contributed by atoms with E-state index in [0.717, 1.165) is 0 Å². The number of anilines is 1. The number of benzene rings is 1. The molecule has 0 unspecified atom stereocenters. The van der Waals surface area contributed by atoms with Crippen molar-refractivity contribution in [3.8, 4) is 11.9 Å². The van der Waals surface area contributed by atoms with Gasteiger partial charge in [-0.2, -0.15) is 23.5 Å². The van der Waals surface area contributed by atoms with Gasteiger partial charge in [-0.05, 0) is 65.7 Å². The van der Waals surface area contributed by atoms with E-state index in [4.69, 9.17) is 11.6 Å². The Morgan fingerprint density at radius 2 is 2.00 bits per heavy atom. The molecule has 204 valence electrons. The number of rotatable bonds is 8. The Morgan fingerprint density at radius 1 is 1.28 bits per heavy atom. The molecule has 2 heterocycles. The first-order valence-electron chi connectivity index (χ1n) is 11.3. The molecule has 0 spiro atoms. The summed E-state index contributed by atoms with van der Waals surface area (Å²) in [6, 6.07) is 9.47. The maximum absolute atomic E-state index is 13.5. The summed E-state index contributed by atoms with van der Waals surface area (Å²) in [5, 5.41) is 19.7. The number of nitriles is 1. The number of nitrogens with two attached hydrogens (primary N) is 2. The maximum atomic E-state index is 13.5. The van der Waals surface area contributed by atoms with Crippen LogP contribution >= 0.6 is 15.9 Å². The summed E-state index contributed by atoms with van der Waals surface area (Å²) < 4.78 is 40.1. The Morgan fingerprint density at radius 3 is 2.62 bits per heavy atom. The Labute approximate surface area is 229 Å². The number of nitrogens with one attached hydrogen (secondary N) is 2. The second kappa shape index (κ2) is 12.0. The number of hydrogen-bond donors (Lipinski definition) is 4. The molecule has 0 saturated carbocycles. The lowest BCUT2D eigenvalue weighted by Crippen LogP contribution is -2.29. The molecule has 3 rings (SSSR count). The van der Waals surface area contributed by atoms with Gasteiger partial charge >= 0.3 is 6.18 Å². The molecule has 11 nitrogen and oxygen atoms in total. The number of hydrogen-bond acceptors (Lipinski definition) is 8. The lowest BCUT2D eigenvalue weighted by Gasteiger charge is -2.15. The van der Waals surface area contributed by atoms with E-state index in [9.17, 15) is 28.0 Å². The van der Waals surface area contributed by atoms with E-state index >= 15 is 0 Å². The first-order valence-corrected chi connectivity index (χ1v) is 12.0. The molecule has 2 amide bonds. The van der Waals surface area contributed by atoms with Crippen molar-refractivity contribution in [2.45, 2.75) is 26.6 Å². The van der Waals surface area contributed by atoms with E-state index in [1.807, 2.05) is 6.07 Å². The van der Waals surface area contributed by atoms with Gasteiger partial charge in [-0.25, -0.2) is 15.5 Å². The molecule has 0 radical (unpaired) electrons. The second-order valence-electron chi connectivity index (χ2n) is 8.14. The van der Waals surface area contributed by atoms with Crippen LogP contribution in [0.25, 0.3) is 5.82 Å². The molecule has 3 aromatic rings. The van der Waals surface area contributed by atoms with Gasteiger partial charge < -0.3 is 21.4 Å². The monoisotopic (exact) mass is 605 g/mol. The van der Waals surface area contributed by atoms with E-state index < -0.39 is 23.7 Å². The first kappa shape index (κ1) is 29.1. The van der Waals surface area contributed by atoms with E-state index in [1.54, 1.807) is 26.0 Å². The third kappa shape index (κ3) is 6.92. The number of nitrogens with zero attached hydrogens (tertiary/aromatic N) is 5. The van der Waals surface area contributed by atoms with Gasteiger partial charge in [0.25, 0.3) is 11.8 Å². The molecule has 0 aliphatic carbocycles. The van der Waals surface area contributed by atoms with Crippen molar-refractivity contribution in [2.24, 2.45) is 11.6 Å². The number of pyridine rings is 1.